The van der Waals surface area contributed by atoms with Gasteiger partial charge in [0.2, 0.25) is 0 Å². The van der Waals surface area contributed by atoms with Crippen LogP contribution in [0, 0.1) is 0 Å². The molecule has 0 unspecified atom stereocenters. The molecule has 0 saturated heterocycles. The largest absolute Gasteiger partial charge is 0.464 e. The zero-order valence-corrected chi connectivity index (χ0v) is 8.84. The molecule has 1 rings (SSSR count). The Labute approximate surface area is 85.8 Å². The van der Waals surface area contributed by atoms with Crippen LogP contribution in [0.25, 0.3) is 0 Å². The zero-order chi connectivity index (χ0) is 10.6. The van der Waals surface area contributed by atoms with Gasteiger partial charge in [0.25, 0.3) is 0 Å². The van der Waals surface area contributed by atoms with Crippen molar-refractivity contribution < 1.29 is 14.3 Å². The first kappa shape index (κ1) is 11.1. The maximum atomic E-state index is 11.1. The summed E-state index contributed by atoms with van der Waals surface area (Å²) in [4.78, 5) is 15.1. The van der Waals surface area contributed by atoms with Gasteiger partial charge in [-0.1, -0.05) is 0 Å². The lowest BCUT2D eigenvalue weighted by Gasteiger charge is -2.05. The van der Waals surface area contributed by atoms with Gasteiger partial charge in [0.05, 0.1) is 19.8 Å². The summed E-state index contributed by atoms with van der Waals surface area (Å²) >= 11 is 1.32. The van der Waals surface area contributed by atoms with Crippen molar-refractivity contribution in [3.05, 3.63) is 16.1 Å². The number of rotatable bonds is 4. The summed E-state index contributed by atoms with van der Waals surface area (Å²) < 4.78 is 9.40. The minimum Gasteiger partial charge on any atom is -0.464 e. The summed E-state index contributed by atoms with van der Waals surface area (Å²) in [6, 6.07) is -0.289. The van der Waals surface area contributed by atoms with Crippen LogP contribution < -0.4 is 5.73 Å². The predicted molar refractivity (Wildman–Crippen MR) is 52.3 cm³/mol. The van der Waals surface area contributed by atoms with Crippen molar-refractivity contribution in [2.24, 2.45) is 5.73 Å². The number of nitrogens with zero attached hydrogens (tertiary/aromatic N) is 1. The Bertz CT molecular complexity index is 313. The number of esters is 1. The van der Waals surface area contributed by atoms with Crippen molar-refractivity contribution in [2.75, 3.05) is 20.8 Å². The topological polar surface area (TPSA) is 74.4 Å². The van der Waals surface area contributed by atoms with E-state index < -0.39 is 5.97 Å². The minimum atomic E-state index is -0.447. The molecule has 2 N–H and O–H groups in total. The number of hydrogen-bond acceptors (Lipinski definition) is 6. The van der Waals surface area contributed by atoms with E-state index in [0.29, 0.717) is 17.3 Å². The van der Waals surface area contributed by atoms with E-state index in [1.807, 2.05) is 0 Å². The van der Waals surface area contributed by atoms with Gasteiger partial charge in [-0.05, 0) is 0 Å². The summed E-state index contributed by atoms with van der Waals surface area (Å²) in [7, 11) is 2.88. The smallest absolute Gasteiger partial charge is 0.357 e. The third-order valence-electron chi connectivity index (χ3n) is 1.58. The molecule has 0 saturated carbocycles. The van der Waals surface area contributed by atoms with Crippen molar-refractivity contribution in [2.45, 2.75) is 6.04 Å². The average molecular weight is 216 g/mol. The van der Waals surface area contributed by atoms with Gasteiger partial charge in [-0.2, -0.15) is 0 Å². The Balaban J connectivity index is 2.72. The summed E-state index contributed by atoms with van der Waals surface area (Å²) in [5.41, 5.74) is 6.02. The summed E-state index contributed by atoms with van der Waals surface area (Å²) in [5.74, 6) is -0.447. The number of aromatic nitrogens is 1. The molecule has 0 aliphatic carbocycles. The third-order valence-corrected chi connectivity index (χ3v) is 2.56. The fourth-order valence-corrected chi connectivity index (χ4v) is 1.68. The number of carbonyl (C=O) groups excluding carboxylic acids is 1. The van der Waals surface area contributed by atoms with Crippen LogP contribution in [0.4, 0.5) is 0 Å². The SMILES string of the molecule is COC[C@H](N)c1nc(C(=O)OC)cs1. The van der Waals surface area contributed by atoms with Crippen molar-refractivity contribution in [3.8, 4) is 0 Å². The van der Waals surface area contributed by atoms with E-state index in [1.165, 1.54) is 18.4 Å². The molecule has 1 heterocycles. The lowest BCUT2D eigenvalue weighted by molar-refractivity contribution is 0.0594. The Morgan fingerprint density at radius 1 is 1.71 bits per heavy atom. The molecule has 6 heteroatoms. The molecule has 0 amide bonds. The highest BCUT2D eigenvalue weighted by atomic mass is 32.1. The van der Waals surface area contributed by atoms with Crippen LogP contribution in [-0.2, 0) is 9.47 Å². The Morgan fingerprint density at radius 2 is 2.43 bits per heavy atom. The predicted octanol–water partition coefficient (Wildman–Crippen LogP) is 0.576. The number of carbonyl (C=O) groups is 1. The van der Waals surface area contributed by atoms with Crippen LogP contribution >= 0.6 is 11.3 Å². The van der Waals surface area contributed by atoms with Crippen LogP contribution in [0.1, 0.15) is 21.5 Å². The van der Waals surface area contributed by atoms with E-state index in [2.05, 4.69) is 9.72 Å². The van der Waals surface area contributed by atoms with Gasteiger partial charge < -0.3 is 15.2 Å². The quantitative estimate of drug-likeness (QED) is 0.745. The first-order valence-electron chi connectivity index (χ1n) is 3.97. The highest BCUT2D eigenvalue weighted by Gasteiger charge is 2.14. The first-order valence-corrected chi connectivity index (χ1v) is 4.85. The molecule has 78 valence electrons. The molecule has 0 aliphatic rings. The van der Waals surface area contributed by atoms with E-state index in [9.17, 15) is 4.79 Å². The standard InChI is InChI=1S/C8H12N2O3S/c1-12-3-5(9)7-10-6(4-14-7)8(11)13-2/h4-5H,3,9H2,1-2H3/t5-/m0/s1. The number of ether oxygens (including phenoxy) is 2. The Kier molecular flexibility index (Phi) is 3.99. The summed E-state index contributed by atoms with van der Waals surface area (Å²) in [6.07, 6.45) is 0. The third kappa shape index (κ3) is 2.50. The van der Waals surface area contributed by atoms with Crippen LogP contribution in [0.15, 0.2) is 5.38 Å². The molecule has 0 aliphatic heterocycles. The van der Waals surface area contributed by atoms with E-state index in [4.69, 9.17) is 10.5 Å². The second-order valence-electron chi connectivity index (χ2n) is 2.62. The summed E-state index contributed by atoms with van der Waals surface area (Å²) in [5, 5.41) is 2.30. The number of hydrogen-bond donors (Lipinski definition) is 1. The van der Waals surface area contributed by atoms with E-state index in [-0.39, 0.29) is 6.04 Å². The van der Waals surface area contributed by atoms with E-state index in [0.717, 1.165) is 0 Å². The second-order valence-corrected chi connectivity index (χ2v) is 3.51. The fraction of sp³-hybridized carbons (Fsp3) is 0.500. The van der Waals surface area contributed by atoms with Crippen molar-refractivity contribution in [1.82, 2.24) is 4.98 Å². The highest BCUT2D eigenvalue weighted by Crippen LogP contribution is 2.16. The number of thiazole rings is 1. The average Bonchev–Trinajstić information content (AvgIpc) is 2.66. The molecule has 1 atom stereocenters. The fourth-order valence-electron chi connectivity index (χ4n) is 0.907. The lowest BCUT2D eigenvalue weighted by atomic mass is 10.3. The normalized spacial score (nSPS) is 12.5. The highest BCUT2D eigenvalue weighted by molar-refractivity contribution is 7.09. The van der Waals surface area contributed by atoms with Gasteiger partial charge in [0.1, 0.15) is 5.01 Å². The van der Waals surface area contributed by atoms with Gasteiger partial charge in [-0.25, -0.2) is 9.78 Å². The molecule has 0 radical (unpaired) electrons. The number of nitrogens with two attached hydrogens (primary N) is 1. The van der Waals surface area contributed by atoms with E-state index in [1.54, 1.807) is 12.5 Å². The Hall–Kier alpha value is -0.980. The van der Waals surface area contributed by atoms with Gasteiger partial charge in [0, 0.05) is 12.5 Å². The maximum absolute atomic E-state index is 11.1. The molecular weight excluding hydrogens is 204 g/mol. The molecule has 14 heavy (non-hydrogen) atoms. The van der Waals surface area contributed by atoms with E-state index >= 15 is 0 Å². The molecule has 1 aromatic heterocycles. The van der Waals surface area contributed by atoms with Gasteiger partial charge >= 0.3 is 5.97 Å². The van der Waals surface area contributed by atoms with Crippen molar-refractivity contribution >= 4 is 17.3 Å². The van der Waals surface area contributed by atoms with Crippen LogP contribution in [0.3, 0.4) is 0 Å². The lowest BCUT2D eigenvalue weighted by Crippen LogP contribution is -2.16. The number of methoxy groups -OCH3 is 2. The monoisotopic (exact) mass is 216 g/mol. The maximum Gasteiger partial charge on any atom is 0.357 e. The van der Waals surface area contributed by atoms with Gasteiger partial charge in [0.15, 0.2) is 5.69 Å². The molecular formula is C8H12N2O3S. The van der Waals surface area contributed by atoms with Crippen molar-refractivity contribution in [3.63, 3.8) is 0 Å². The molecule has 0 aromatic carbocycles. The summed E-state index contributed by atoms with van der Waals surface area (Å²) in [6.45, 7) is 0.383. The van der Waals surface area contributed by atoms with Crippen LogP contribution in [-0.4, -0.2) is 31.8 Å². The zero-order valence-electron chi connectivity index (χ0n) is 8.02. The molecule has 0 spiro atoms. The molecule has 0 fully saturated rings. The van der Waals surface area contributed by atoms with Crippen LogP contribution in [0.5, 0.6) is 0 Å². The van der Waals surface area contributed by atoms with Crippen molar-refractivity contribution in [1.29, 1.82) is 0 Å². The van der Waals surface area contributed by atoms with Gasteiger partial charge in [-0.3, -0.25) is 0 Å². The Morgan fingerprint density at radius 3 is 3.00 bits per heavy atom. The van der Waals surface area contributed by atoms with Crippen LogP contribution in [0.2, 0.25) is 0 Å². The molecule has 5 nitrogen and oxygen atoms in total. The second kappa shape index (κ2) is 5.04. The minimum absolute atomic E-state index is 0.289. The first-order chi connectivity index (χ1) is 6.69. The molecule has 0 bridgehead atoms. The molecule has 1 aromatic rings. The van der Waals surface area contributed by atoms with Gasteiger partial charge in [-0.15, -0.1) is 11.3 Å².